The molecule has 18 heavy (non-hydrogen) atoms. The first-order valence-corrected chi connectivity index (χ1v) is 5.94. The van der Waals surface area contributed by atoms with Gasteiger partial charge in [0.1, 0.15) is 10.2 Å². The normalized spacial score (nSPS) is 10.6. The van der Waals surface area contributed by atoms with Crippen molar-refractivity contribution >= 4 is 29.1 Å². The molecule has 2 aromatic rings. The van der Waals surface area contributed by atoms with Gasteiger partial charge in [0.15, 0.2) is 5.16 Å². The van der Waals surface area contributed by atoms with Crippen LogP contribution in [-0.4, -0.2) is 19.7 Å². The second-order valence-electron chi connectivity index (χ2n) is 3.33. The zero-order chi connectivity index (χ0) is 13.3. The van der Waals surface area contributed by atoms with Crippen LogP contribution in [-0.2, 0) is 7.05 Å². The van der Waals surface area contributed by atoms with Gasteiger partial charge in [-0.1, -0.05) is 11.6 Å². The van der Waals surface area contributed by atoms with E-state index in [1.54, 1.807) is 19.2 Å². The Hall–Kier alpha value is -1.80. The third kappa shape index (κ3) is 2.54. The molecular weight excluding hydrogens is 278 g/mol. The zero-order valence-corrected chi connectivity index (χ0v) is 10.7. The molecule has 0 fully saturated rings. The van der Waals surface area contributed by atoms with Crippen molar-refractivity contribution in [1.29, 1.82) is 0 Å². The minimum atomic E-state index is -0.865. The monoisotopic (exact) mass is 285 g/mol. The van der Waals surface area contributed by atoms with E-state index in [2.05, 4.69) is 15.1 Å². The van der Waals surface area contributed by atoms with Crippen molar-refractivity contribution in [3.05, 3.63) is 38.0 Å². The van der Waals surface area contributed by atoms with Crippen molar-refractivity contribution in [2.24, 2.45) is 7.05 Å². The number of aryl methyl sites for hydroxylation is 1. The second-order valence-corrected chi connectivity index (χ2v) is 4.67. The van der Waals surface area contributed by atoms with E-state index in [1.165, 1.54) is 4.68 Å². The third-order valence-corrected chi connectivity index (χ3v) is 3.27. The van der Waals surface area contributed by atoms with Crippen LogP contribution in [0.5, 0.6) is 0 Å². The highest BCUT2D eigenvalue weighted by Crippen LogP contribution is 2.28. The van der Waals surface area contributed by atoms with Crippen molar-refractivity contribution in [2.45, 2.75) is 10.2 Å². The Kier molecular flexibility index (Phi) is 3.39. The molecule has 0 aromatic carbocycles. The minimum Gasteiger partial charge on any atom is -0.397 e. The Labute approximate surface area is 110 Å². The number of halogens is 1. The molecule has 0 atom stereocenters. The maximum atomic E-state index is 11.2. The van der Waals surface area contributed by atoms with Crippen LogP contribution in [0.15, 0.2) is 31.9 Å². The number of H-pyrrole nitrogens is 1. The average Bonchev–Trinajstić information content (AvgIpc) is 2.30. The topological polar surface area (TPSA) is 107 Å². The summed E-state index contributed by atoms with van der Waals surface area (Å²) in [6.07, 6.45) is 0. The van der Waals surface area contributed by atoms with Gasteiger partial charge in [-0.15, -0.1) is 0 Å². The van der Waals surface area contributed by atoms with Gasteiger partial charge in [0.05, 0.1) is 5.69 Å². The van der Waals surface area contributed by atoms with Crippen LogP contribution in [0.25, 0.3) is 0 Å². The van der Waals surface area contributed by atoms with Crippen LogP contribution < -0.4 is 16.9 Å². The highest BCUT2D eigenvalue weighted by atomic mass is 35.5. The molecule has 0 aliphatic heterocycles. The number of hydrogen-bond acceptors (Lipinski definition) is 6. The van der Waals surface area contributed by atoms with Crippen LogP contribution in [0.2, 0.25) is 5.15 Å². The van der Waals surface area contributed by atoms with Crippen LogP contribution in [0.4, 0.5) is 5.69 Å². The maximum absolute atomic E-state index is 11.2. The van der Waals surface area contributed by atoms with E-state index in [0.29, 0.717) is 10.7 Å². The molecule has 0 unspecified atom stereocenters. The number of nitrogens with zero attached hydrogens (tertiary/aromatic N) is 3. The lowest BCUT2D eigenvalue weighted by atomic mass is 10.4. The van der Waals surface area contributed by atoms with Gasteiger partial charge >= 0.3 is 11.1 Å². The smallest absolute Gasteiger partial charge is 0.339 e. The van der Waals surface area contributed by atoms with Crippen LogP contribution >= 0.6 is 23.4 Å². The highest BCUT2D eigenvalue weighted by molar-refractivity contribution is 7.99. The summed E-state index contributed by atoms with van der Waals surface area (Å²) >= 11 is 6.79. The van der Waals surface area contributed by atoms with Gasteiger partial charge in [-0.2, -0.15) is 4.98 Å². The van der Waals surface area contributed by atoms with E-state index in [1.807, 2.05) is 0 Å². The largest absolute Gasteiger partial charge is 0.397 e. The van der Waals surface area contributed by atoms with Crippen molar-refractivity contribution in [2.75, 3.05) is 5.73 Å². The van der Waals surface area contributed by atoms with E-state index in [9.17, 15) is 9.59 Å². The molecule has 0 saturated heterocycles. The first kappa shape index (κ1) is 12.7. The Morgan fingerprint density at radius 2 is 2.11 bits per heavy atom. The van der Waals surface area contributed by atoms with Crippen LogP contribution in [0.3, 0.4) is 0 Å². The summed E-state index contributed by atoms with van der Waals surface area (Å²) in [5.74, 6) is 0. The van der Waals surface area contributed by atoms with Crippen LogP contribution in [0, 0.1) is 0 Å². The Morgan fingerprint density at radius 1 is 1.39 bits per heavy atom. The fourth-order valence-corrected chi connectivity index (χ4v) is 2.16. The molecule has 0 amide bonds. The Bertz CT molecular complexity index is 711. The maximum Gasteiger partial charge on any atom is 0.339 e. The number of pyridine rings is 1. The first-order valence-electron chi connectivity index (χ1n) is 4.74. The Balaban J connectivity index is 2.46. The summed E-state index contributed by atoms with van der Waals surface area (Å²) in [5.41, 5.74) is 4.49. The summed E-state index contributed by atoms with van der Waals surface area (Å²) in [6.45, 7) is 0. The molecule has 0 bridgehead atoms. The number of nitrogens with one attached hydrogen (secondary N) is 1. The van der Waals surface area contributed by atoms with E-state index >= 15 is 0 Å². The van der Waals surface area contributed by atoms with Gasteiger partial charge < -0.3 is 5.73 Å². The van der Waals surface area contributed by atoms with E-state index < -0.39 is 11.1 Å². The summed E-state index contributed by atoms with van der Waals surface area (Å²) in [4.78, 5) is 29.9. The molecule has 0 spiro atoms. The number of aromatic nitrogens is 4. The standard InChI is InChI=1S/C9H8ClN5O2S/c1-15-9(13-6(16)7(17)14-15)18-8-4(11)2-3-5(10)12-8/h2-3H,11H2,1H3,(H,14,17). The number of nitrogen functional groups attached to an aromatic ring is 1. The molecule has 2 aromatic heterocycles. The van der Waals surface area contributed by atoms with E-state index in [-0.39, 0.29) is 10.3 Å². The van der Waals surface area contributed by atoms with Gasteiger partial charge in [0.2, 0.25) is 0 Å². The van der Waals surface area contributed by atoms with Gasteiger partial charge in [-0.3, -0.25) is 19.4 Å². The summed E-state index contributed by atoms with van der Waals surface area (Å²) in [5, 5.41) is 3.28. The fraction of sp³-hybridized carbons (Fsp3) is 0.111. The highest BCUT2D eigenvalue weighted by Gasteiger charge is 2.10. The quantitative estimate of drug-likeness (QED) is 0.605. The third-order valence-electron chi connectivity index (χ3n) is 1.99. The molecule has 3 N–H and O–H groups in total. The second kappa shape index (κ2) is 4.83. The summed E-state index contributed by atoms with van der Waals surface area (Å²) < 4.78 is 1.32. The Morgan fingerprint density at radius 3 is 2.83 bits per heavy atom. The molecule has 7 nitrogen and oxygen atoms in total. The fourth-order valence-electron chi connectivity index (χ4n) is 1.15. The number of rotatable bonds is 2. The lowest BCUT2D eigenvalue weighted by molar-refractivity contribution is 0.596. The predicted molar refractivity (Wildman–Crippen MR) is 67.9 cm³/mol. The lowest BCUT2D eigenvalue weighted by Gasteiger charge is -2.07. The van der Waals surface area contributed by atoms with Crippen molar-refractivity contribution < 1.29 is 0 Å². The number of aromatic amines is 1. The number of nitrogens with two attached hydrogens (primary N) is 1. The van der Waals surface area contributed by atoms with Crippen molar-refractivity contribution in [3.63, 3.8) is 0 Å². The molecular formula is C9H8ClN5O2S. The number of anilines is 1. The summed E-state index contributed by atoms with van der Waals surface area (Å²) in [6, 6.07) is 3.15. The predicted octanol–water partition coefficient (Wildman–Crippen LogP) is 0.250. The average molecular weight is 286 g/mol. The molecule has 9 heteroatoms. The van der Waals surface area contributed by atoms with E-state index in [4.69, 9.17) is 17.3 Å². The molecule has 0 radical (unpaired) electrons. The zero-order valence-electron chi connectivity index (χ0n) is 9.18. The van der Waals surface area contributed by atoms with Gasteiger partial charge in [0.25, 0.3) is 0 Å². The van der Waals surface area contributed by atoms with Gasteiger partial charge in [-0.25, -0.2) is 4.98 Å². The minimum absolute atomic E-state index is 0.265. The SMILES string of the molecule is Cn1[nH]c(=O)c(=O)nc1Sc1nc(Cl)ccc1N. The molecule has 0 saturated carbocycles. The molecule has 2 heterocycles. The molecule has 94 valence electrons. The molecule has 0 aliphatic carbocycles. The first-order chi connectivity index (χ1) is 8.47. The van der Waals surface area contributed by atoms with Gasteiger partial charge in [0, 0.05) is 7.05 Å². The summed E-state index contributed by atoms with van der Waals surface area (Å²) in [7, 11) is 1.55. The number of hydrogen-bond donors (Lipinski definition) is 2. The van der Waals surface area contributed by atoms with Gasteiger partial charge in [-0.05, 0) is 23.9 Å². The van der Waals surface area contributed by atoms with E-state index in [0.717, 1.165) is 11.8 Å². The van der Waals surface area contributed by atoms with Crippen molar-refractivity contribution in [3.8, 4) is 0 Å². The molecule has 2 rings (SSSR count). The molecule has 0 aliphatic rings. The van der Waals surface area contributed by atoms with Crippen molar-refractivity contribution in [1.82, 2.24) is 19.7 Å². The van der Waals surface area contributed by atoms with Crippen LogP contribution in [0.1, 0.15) is 0 Å². The lowest BCUT2D eigenvalue weighted by Crippen LogP contribution is -2.33.